The molecule has 7 heteroatoms. The second-order valence-corrected chi connectivity index (χ2v) is 8.64. The van der Waals surface area contributed by atoms with E-state index in [0.29, 0.717) is 34.1 Å². The van der Waals surface area contributed by atoms with E-state index in [1.54, 1.807) is 42.5 Å². The lowest BCUT2D eigenvalue weighted by Crippen LogP contribution is -2.15. The highest BCUT2D eigenvalue weighted by molar-refractivity contribution is 6.34. The van der Waals surface area contributed by atoms with Gasteiger partial charge in [-0.1, -0.05) is 23.7 Å². The van der Waals surface area contributed by atoms with Crippen molar-refractivity contribution >= 4 is 45.7 Å². The second kappa shape index (κ2) is 9.15. The average molecular weight is 472 g/mol. The Morgan fingerprint density at radius 2 is 1.71 bits per heavy atom. The number of rotatable bonds is 4. The first-order valence-corrected chi connectivity index (χ1v) is 11.4. The summed E-state index contributed by atoms with van der Waals surface area (Å²) in [5.74, 6) is 0.178. The van der Waals surface area contributed by atoms with Crippen LogP contribution in [0, 0.1) is 6.92 Å². The van der Waals surface area contributed by atoms with Crippen molar-refractivity contribution < 1.29 is 14.3 Å². The maximum Gasteiger partial charge on any atom is 0.255 e. The van der Waals surface area contributed by atoms with Gasteiger partial charge in [0.05, 0.1) is 22.8 Å². The molecule has 1 aromatic heterocycles. The largest absolute Gasteiger partial charge is 0.493 e. The van der Waals surface area contributed by atoms with Gasteiger partial charge in [-0.3, -0.25) is 14.6 Å². The molecule has 0 saturated carbocycles. The molecule has 0 unspecified atom stereocenters. The summed E-state index contributed by atoms with van der Waals surface area (Å²) >= 11 is 6.32. The van der Waals surface area contributed by atoms with Gasteiger partial charge in [-0.05, 0) is 79.9 Å². The lowest BCUT2D eigenvalue weighted by molar-refractivity contribution is 0.101. The fourth-order valence-corrected chi connectivity index (χ4v) is 4.11. The summed E-state index contributed by atoms with van der Waals surface area (Å²) in [4.78, 5) is 30.1. The Labute approximate surface area is 201 Å². The number of pyridine rings is 1. The summed E-state index contributed by atoms with van der Waals surface area (Å²) in [6.07, 6.45) is 1.93. The van der Waals surface area contributed by atoms with E-state index in [9.17, 15) is 9.59 Å². The fraction of sp³-hybridized carbons (Fsp3) is 0.148. The van der Waals surface area contributed by atoms with Crippen LogP contribution in [0.2, 0.25) is 5.02 Å². The lowest BCUT2D eigenvalue weighted by atomic mass is 10.0. The molecule has 0 bridgehead atoms. The van der Waals surface area contributed by atoms with E-state index >= 15 is 0 Å². The predicted molar refractivity (Wildman–Crippen MR) is 134 cm³/mol. The molecule has 34 heavy (non-hydrogen) atoms. The molecule has 3 aromatic carbocycles. The maximum atomic E-state index is 12.9. The highest BCUT2D eigenvalue weighted by Crippen LogP contribution is 2.29. The summed E-state index contributed by atoms with van der Waals surface area (Å²) in [7, 11) is 0. The molecule has 0 atom stereocenters. The topological polar surface area (TPSA) is 80.3 Å². The molecule has 0 spiro atoms. The molecule has 0 radical (unpaired) electrons. The molecule has 2 N–H and O–H groups in total. The summed E-state index contributed by atoms with van der Waals surface area (Å²) in [5, 5.41) is 6.94. The van der Waals surface area contributed by atoms with Crippen LogP contribution >= 0.6 is 11.6 Å². The van der Waals surface area contributed by atoms with E-state index in [2.05, 4.69) is 15.6 Å². The van der Waals surface area contributed by atoms with Crippen molar-refractivity contribution in [3.8, 4) is 5.75 Å². The fourth-order valence-electron chi connectivity index (χ4n) is 3.95. The second-order valence-electron chi connectivity index (χ2n) is 8.24. The van der Waals surface area contributed by atoms with Gasteiger partial charge in [0.2, 0.25) is 0 Å². The van der Waals surface area contributed by atoms with Crippen molar-refractivity contribution in [2.24, 2.45) is 0 Å². The van der Waals surface area contributed by atoms with Crippen molar-refractivity contribution in [2.45, 2.75) is 19.8 Å². The molecule has 5 rings (SSSR count). The number of halogens is 1. The number of nitrogens with zero attached hydrogens (tertiary/aromatic N) is 1. The smallest absolute Gasteiger partial charge is 0.255 e. The van der Waals surface area contributed by atoms with Gasteiger partial charge in [-0.2, -0.15) is 0 Å². The van der Waals surface area contributed by atoms with Gasteiger partial charge < -0.3 is 15.4 Å². The van der Waals surface area contributed by atoms with Crippen LogP contribution < -0.4 is 15.4 Å². The molecule has 4 aromatic rings. The van der Waals surface area contributed by atoms with Gasteiger partial charge >= 0.3 is 0 Å². The number of ether oxygens (including phenoxy) is 1. The van der Waals surface area contributed by atoms with Crippen molar-refractivity contribution in [3.63, 3.8) is 0 Å². The molecule has 0 fully saturated rings. The van der Waals surface area contributed by atoms with Crippen molar-refractivity contribution in [1.82, 2.24) is 4.98 Å². The highest BCUT2D eigenvalue weighted by Gasteiger charge is 2.15. The standard InChI is InChI=1S/C27H22ClN3O3/c1-16-4-5-18-13-19(8-11-23(18)29-16)27(33)31-24-15-21(9-10-22(24)28)30-26(32)20-7-6-17-3-2-12-34-25(17)14-20/h4-11,13-15H,2-3,12H2,1H3,(H,30,32)(H,31,33). The zero-order valence-corrected chi connectivity index (χ0v) is 19.3. The summed E-state index contributed by atoms with van der Waals surface area (Å²) in [6.45, 7) is 2.58. The number of benzene rings is 3. The minimum atomic E-state index is -0.306. The average Bonchev–Trinajstić information content (AvgIpc) is 2.85. The number of amides is 2. The van der Waals surface area contributed by atoms with Gasteiger partial charge in [0.15, 0.2) is 0 Å². The number of hydrogen-bond donors (Lipinski definition) is 2. The molecular weight excluding hydrogens is 450 g/mol. The van der Waals surface area contributed by atoms with Crippen LogP contribution in [0.15, 0.2) is 66.7 Å². The SMILES string of the molecule is Cc1ccc2cc(C(=O)Nc3cc(NC(=O)c4ccc5c(c4)OCCC5)ccc3Cl)ccc2n1. The zero-order chi connectivity index (χ0) is 23.7. The number of aryl methyl sites for hydroxylation is 2. The van der Waals surface area contributed by atoms with Gasteiger partial charge in [0.1, 0.15) is 5.75 Å². The Morgan fingerprint density at radius 3 is 2.59 bits per heavy atom. The molecule has 1 aliphatic rings. The Morgan fingerprint density at radius 1 is 0.912 bits per heavy atom. The molecule has 0 aliphatic carbocycles. The molecule has 0 saturated heterocycles. The van der Waals surface area contributed by atoms with Crippen molar-refractivity contribution in [2.75, 3.05) is 17.2 Å². The van der Waals surface area contributed by atoms with Crippen LogP contribution in [0.4, 0.5) is 11.4 Å². The van der Waals surface area contributed by atoms with Crippen LogP contribution in [0.25, 0.3) is 10.9 Å². The van der Waals surface area contributed by atoms with Gasteiger partial charge in [0, 0.05) is 27.9 Å². The van der Waals surface area contributed by atoms with Crippen LogP contribution in [-0.4, -0.2) is 23.4 Å². The minimum Gasteiger partial charge on any atom is -0.493 e. The Balaban J connectivity index is 1.33. The number of carbonyl (C=O) groups excluding carboxylic acids is 2. The normalized spacial score (nSPS) is 12.5. The van der Waals surface area contributed by atoms with E-state index in [0.717, 1.165) is 40.8 Å². The van der Waals surface area contributed by atoms with Crippen LogP contribution in [-0.2, 0) is 6.42 Å². The Hall–Kier alpha value is -3.90. The molecule has 1 aliphatic heterocycles. The molecule has 2 heterocycles. The number of aromatic nitrogens is 1. The number of fused-ring (bicyclic) bond motifs is 2. The summed E-state index contributed by atoms with van der Waals surface area (Å²) in [6, 6.07) is 19.6. The monoisotopic (exact) mass is 471 g/mol. The number of nitrogens with one attached hydrogen (secondary N) is 2. The Kier molecular flexibility index (Phi) is 5.90. The van der Waals surface area contributed by atoms with Gasteiger partial charge in [0.25, 0.3) is 11.8 Å². The first kappa shape index (κ1) is 21.9. The van der Waals surface area contributed by atoms with Crippen LogP contribution in [0.5, 0.6) is 5.75 Å². The minimum absolute atomic E-state index is 0.270. The first-order valence-electron chi connectivity index (χ1n) is 11.0. The number of hydrogen-bond acceptors (Lipinski definition) is 4. The van der Waals surface area contributed by atoms with Gasteiger partial charge in [-0.25, -0.2) is 0 Å². The zero-order valence-electron chi connectivity index (χ0n) is 18.5. The van der Waals surface area contributed by atoms with E-state index in [4.69, 9.17) is 16.3 Å². The summed E-state index contributed by atoms with van der Waals surface area (Å²) in [5.41, 5.74) is 4.75. The number of anilines is 2. The highest BCUT2D eigenvalue weighted by atomic mass is 35.5. The molecular formula is C27H22ClN3O3. The van der Waals surface area contributed by atoms with Gasteiger partial charge in [-0.15, -0.1) is 0 Å². The van der Waals surface area contributed by atoms with E-state index in [1.807, 2.05) is 31.2 Å². The first-order chi connectivity index (χ1) is 16.5. The molecule has 2 amide bonds. The van der Waals surface area contributed by atoms with Crippen LogP contribution in [0.1, 0.15) is 38.4 Å². The quantitative estimate of drug-likeness (QED) is 0.381. The van der Waals surface area contributed by atoms with Crippen molar-refractivity contribution in [3.05, 3.63) is 94.1 Å². The third kappa shape index (κ3) is 4.58. The molecule has 6 nitrogen and oxygen atoms in total. The van der Waals surface area contributed by atoms with E-state index < -0.39 is 0 Å². The number of carbonyl (C=O) groups is 2. The lowest BCUT2D eigenvalue weighted by Gasteiger charge is -2.18. The van der Waals surface area contributed by atoms with Crippen molar-refractivity contribution in [1.29, 1.82) is 0 Å². The Bertz CT molecular complexity index is 1430. The van der Waals surface area contributed by atoms with Crippen LogP contribution in [0.3, 0.4) is 0 Å². The van der Waals surface area contributed by atoms with E-state index in [1.165, 1.54) is 0 Å². The maximum absolute atomic E-state index is 12.9. The molecule has 170 valence electrons. The third-order valence-corrected chi connectivity index (χ3v) is 6.07. The van der Waals surface area contributed by atoms with E-state index in [-0.39, 0.29) is 11.8 Å². The third-order valence-electron chi connectivity index (χ3n) is 5.74. The predicted octanol–water partition coefficient (Wildman–Crippen LogP) is 6.03. The summed E-state index contributed by atoms with van der Waals surface area (Å²) < 4.78 is 5.67.